The average Bonchev–Trinajstić information content (AvgIpc) is 3.20. The zero-order valence-electron chi connectivity index (χ0n) is 18.7. The van der Waals surface area contributed by atoms with E-state index in [-0.39, 0.29) is 40.9 Å². The molecule has 4 rings (SSSR count). The van der Waals surface area contributed by atoms with E-state index >= 15 is 0 Å². The second-order valence-corrected chi connectivity index (χ2v) is 12.4. The van der Waals surface area contributed by atoms with Crippen LogP contribution in [0.3, 0.4) is 0 Å². The number of nitrogens with one attached hydrogen (secondary N) is 1. The maximum absolute atomic E-state index is 13.8. The zero-order valence-corrected chi connectivity index (χ0v) is 21.1. The summed E-state index contributed by atoms with van der Waals surface area (Å²) in [5.74, 6) is -0.132. The minimum Gasteiger partial charge on any atom is -0.349 e. The fourth-order valence-electron chi connectivity index (χ4n) is 3.94. The Balaban J connectivity index is 1.82. The molecule has 0 saturated carbocycles. The number of halogens is 1. The Labute approximate surface area is 204 Å². The summed E-state index contributed by atoms with van der Waals surface area (Å²) in [6.07, 6.45) is 0.125. The van der Waals surface area contributed by atoms with Crippen LogP contribution < -0.4 is 5.32 Å². The molecule has 34 heavy (non-hydrogen) atoms. The van der Waals surface area contributed by atoms with Crippen LogP contribution in [-0.2, 0) is 24.8 Å². The minimum absolute atomic E-state index is 0.0336. The monoisotopic (exact) mass is 524 g/mol. The number of hydrogen-bond acceptors (Lipinski definition) is 6. The van der Waals surface area contributed by atoms with Gasteiger partial charge in [0.05, 0.1) is 10.4 Å². The molecule has 3 aromatic rings. The minimum atomic E-state index is -4.24. The van der Waals surface area contributed by atoms with Crippen molar-refractivity contribution in [3.63, 3.8) is 0 Å². The maximum atomic E-state index is 13.8. The standard InChI is InChI=1S/C22H25ClN4O5S2/c1-25(2)21(28)14-18-15-26(11-10-24-18)34(31,32)22-13-16-12-17(23)8-9-20(16)27(22)33(29,30)19-6-4-3-5-7-19/h3-9,12-13,18,24H,10-11,14-15H2,1-2H3. The molecule has 182 valence electrons. The number of benzene rings is 2. The molecular weight excluding hydrogens is 500 g/mol. The van der Waals surface area contributed by atoms with Gasteiger partial charge in [-0.25, -0.2) is 20.8 Å². The van der Waals surface area contributed by atoms with Gasteiger partial charge in [0.2, 0.25) is 5.91 Å². The smallest absolute Gasteiger partial charge is 0.269 e. The molecule has 0 aliphatic carbocycles. The summed E-state index contributed by atoms with van der Waals surface area (Å²) in [5.41, 5.74) is 0.210. The molecule has 2 aromatic carbocycles. The van der Waals surface area contributed by atoms with E-state index in [1.807, 2.05) is 0 Å². The van der Waals surface area contributed by atoms with Crippen molar-refractivity contribution in [2.24, 2.45) is 0 Å². The molecule has 0 radical (unpaired) electrons. The van der Waals surface area contributed by atoms with E-state index in [4.69, 9.17) is 11.6 Å². The summed E-state index contributed by atoms with van der Waals surface area (Å²) in [7, 11) is -5.21. The van der Waals surface area contributed by atoms with E-state index < -0.39 is 26.1 Å². The van der Waals surface area contributed by atoms with E-state index in [1.165, 1.54) is 45.6 Å². The fourth-order valence-corrected chi connectivity index (χ4v) is 7.68. The molecule has 0 spiro atoms. The predicted molar refractivity (Wildman–Crippen MR) is 130 cm³/mol. The van der Waals surface area contributed by atoms with Gasteiger partial charge >= 0.3 is 0 Å². The molecule has 1 saturated heterocycles. The van der Waals surface area contributed by atoms with Gasteiger partial charge in [-0.2, -0.15) is 4.31 Å². The van der Waals surface area contributed by atoms with Crippen molar-refractivity contribution in [3.8, 4) is 0 Å². The second kappa shape index (κ2) is 9.31. The lowest BCUT2D eigenvalue weighted by Gasteiger charge is -2.33. The molecule has 1 amide bonds. The largest absolute Gasteiger partial charge is 0.349 e. The molecule has 1 aromatic heterocycles. The highest BCUT2D eigenvalue weighted by molar-refractivity contribution is 7.92. The molecule has 1 aliphatic rings. The summed E-state index contributed by atoms with van der Waals surface area (Å²) < 4.78 is 56.9. The van der Waals surface area contributed by atoms with Crippen LogP contribution in [0.15, 0.2) is 64.5 Å². The van der Waals surface area contributed by atoms with Gasteiger partial charge in [0.1, 0.15) is 0 Å². The molecule has 0 bridgehead atoms. The SMILES string of the molecule is CN(C)C(=O)CC1CN(S(=O)(=O)c2cc3cc(Cl)ccc3n2S(=O)(=O)c2ccccc2)CCN1. The highest BCUT2D eigenvalue weighted by Gasteiger charge is 2.36. The van der Waals surface area contributed by atoms with Gasteiger partial charge in [0, 0.05) is 56.6 Å². The lowest BCUT2D eigenvalue weighted by molar-refractivity contribution is -0.129. The Hall–Kier alpha value is -2.44. The predicted octanol–water partition coefficient (Wildman–Crippen LogP) is 1.97. The highest BCUT2D eigenvalue weighted by Crippen LogP contribution is 2.32. The van der Waals surface area contributed by atoms with Gasteiger partial charge in [0.25, 0.3) is 20.0 Å². The van der Waals surface area contributed by atoms with E-state index in [2.05, 4.69) is 5.32 Å². The first kappa shape index (κ1) is 24.7. The number of piperazine rings is 1. The number of amides is 1. The van der Waals surface area contributed by atoms with Gasteiger partial charge in [-0.05, 0) is 36.4 Å². The summed E-state index contributed by atoms with van der Waals surface area (Å²) in [6.45, 7) is 0.514. The number of carbonyl (C=O) groups is 1. The normalized spacial score (nSPS) is 17.7. The van der Waals surface area contributed by atoms with Gasteiger partial charge in [-0.15, -0.1) is 0 Å². The van der Waals surface area contributed by atoms with Crippen LogP contribution in [0.4, 0.5) is 0 Å². The van der Waals surface area contributed by atoms with Crippen LogP contribution >= 0.6 is 11.6 Å². The summed E-state index contributed by atoms with van der Waals surface area (Å²) in [6, 6.07) is 13.2. The molecule has 1 atom stereocenters. The van der Waals surface area contributed by atoms with Crippen LogP contribution in [0.5, 0.6) is 0 Å². The van der Waals surface area contributed by atoms with E-state index in [1.54, 1.807) is 32.3 Å². The average molecular weight is 525 g/mol. The number of sulfonamides is 1. The van der Waals surface area contributed by atoms with E-state index in [0.717, 1.165) is 3.97 Å². The van der Waals surface area contributed by atoms with Crippen molar-refractivity contribution in [3.05, 3.63) is 59.6 Å². The maximum Gasteiger partial charge on any atom is 0.269 e. The molecule has 9 nitrogen and oxygen atoms in total. The van der Waals surface area contributed by atoms with Crippen LogP contribution in [-0.4, -0.2) is 75.7 Å². The first-order valence-electron chi connectivity index (χ1n) is 10.6. The highest BCUT2D eigenvalue weighted by atomic mass is 35.5. The van der Waals surface area contributed by atoms with Crippen LogP contribution in [0.2, 0.25) is 5.02 Å². The van der Waals surface area contributed by atoms with Crippen molar-refractivity contribution in [1.29, 1.82) is 0 Å². The first-order valence-corrected chi connectivity index (χ1v) is 13.8. The quantitative estimate of drug-likeness (QED) is 0.528. The summed E-state index contributed by atoms with van der Waals surface area (Å²) >= 11 is 6.10. The lowest BCUT2D eigenvalue weighted by atomic mass is 10.1. The summed E-state index contributed by atoms with van der Waals surface area (Å²) in [5, 5.41) is 3.55. The fraction of sp³-hybridized carbons (Fsp3) is 0.318. The van der Waals surface area contributed by atoms with Gasteiger partial charge in [-0.1, -0.05) is 29.8 Å². The molecule has 12 heteroatoms. The Kier molecular flexibility index (Phi) is 6.76. The Morgan fingerprint density at radius 3 is 2.44 bits per heavy atom. The second-order valence-electron chi connectivity index (χ2n) is 8.27. The topological polar surface area (TPSA) is 109 Å². The Bertz CT molecular complexity index is 1440. The zero-order chi connectivity index (χ0) is 24.7. The first-order chi connectivity index (χ1) is 16.0. The van der Waals surface area contributed by atoms with Gasteiger partial charge < -0.3 is 10.2 Å². The van der Waals surface area contributed by atoms with Crippen molar-refractivity contribution in [1.82, 2.24) is 18.5 Å². The van der Waals surface area contributed by atoms with Crippen molar-refractivity contribution >= 4 is 48.5 Å². The summed E-state index contributed by atoms with van der Waals surface area (Å²) in [4.78, 5) is 13.6. The van der Waals surface area contributed by atoms with E-state index in [9.17, 15) is 21.6 Å². The number of rotatable bonds is 6. The Morgan fingerprint density at radius 1 is 1.06 bits per heavy atom. The molecular formula is C22H25ClN4O5S2. The van der Waals surface area contributed by atoms with Crippen LogP contribution in [0, 0.1) is 0 Å². The van der Waals surface area contributed by atoms with Gasteiger partial charge in [-0.3, -0.25) is 4.79 Å². The van der Waals surface area contributed by atoms with Crippen LogP contribution in [0.25, 0.3) is 10.9 Å². The molecule has 1 fully saturated rings. The lowest BCUT2D eigenvalue weighted by Crippen LogP contribution is -2.54. The van der Waals surface area contributed by atoms with E-state index in [0.29, 0.717) is 17.0 Å². The van der Waals surface area contributed by atoms with Crippen molar-refractivity contribution < 1.29 is 21.6 Å². The van der Waals surface area contributed by atoms with Gasteiger partial charge in [0.15, 0.2) is 5.03 Å². The number of carbonyl (C=O) groups excluding carboxylic acids is 1. The van der Waals surface area contributed by atoms with Crippen LogP contribution in [0.1, 0.15) is 6.42 Å². The third-order valence-corrected chi connectivity index (χ3v) is 9.64. The Morgan fingerprint density at radius 2 is 1.76 bits per heavy atom. The van der Waals surface area contributed by atoms with Crippen molar-refractivity contribution in [2.75, 3.05) is 33.7 Å². The van der Waals surface area contributed by atoms with Crippen molar-refractivity contribution in [2.45, 2.75) is 22.4 Å². The molecule has 1 aliphatic heterocycles. The molecule has 2 heterocycles. The number of hydrogen-bond donors (Lipinski definition) is 1. The third-order valence-electron chi connectivity index (χ3n) is 5.71. The molecule has 1 N–H and O–H groups in total. The third kappa shape index (κ3) is 4.58. The number of fused-ring (bicyclic) bond motifs is 1. The molecule has 1 unspecified atom stereocenters. The number of nitrogens with zero attached hydrogens (tertiary/aromatic N) is 3. The number of aromatic nitrogens is 1.